The molecule has 7 heteroatoms. The average molecular weight is 329 g/mol. The van der Waals surface area contributed by atoms with E-state index in [4.69, 9.17) is 0 Å². The van der Waals surface area contributed by atoms with Crippen LogP contribution in [-0.4, -0.2) is 25.7 Å². The van der Waals surface area contributed by atoms with E-state index in [9.17, 15) is 4.79 Å². The summed E-state index contributed by atoms with van der Waals surface area (Å²) < 4.78 is 1.78. The first-order valence-electron chi connectivity index (χ1n) is 7.61. The number of carbonyl (C=O) groups excluding carboxylic acids is 1. The number of benzene rings is 1. The fourth-order valence-corrected chi connectivity index (χ4v) is 3.12. The number of rotatable bonds is 5. The van der Waals surface area contributed by atoms with Gasteiger partial charge in [0, 0.05) is 24.4 Å². The molecule has 1 N–H and O–H groups in total. The van der Waals surface area contributed by atoms with Crippen LogP contribution in [0.5, 0.6) is 0 Å². The second-order valence-corrected chi connectivity index (χ2v) is 6.81. The predicted molar refractivity (Wildman–Crippen MR) is 90.9 cm³/mol. The van der Waals surface area contributed by atoms with Gasteiger partial charge in [-0.1, -0.05) is 43.4 Å². The molecule has 0 spiro atoms. The van der Waals surface area contributed by atoms with E-state index in [2.05, 4.69) is 34.5 Å². The number of amides is 1. The summed E-state index contributed by atoms with van der Waals surface area (Å²) in [4.78, 5) is 12.9. The highest BCUT2D eigenvalue weighted by Gasteiger charge is 2.15. The van der Waals surface area contributed by atoms with Crippen LogP contribution in [-0.2, 0) is 11.2 Å². The highest BCUT2D eigenvalue weighted by atomic mass is 32.1. The zero-order valence-corrected chi connectivity index (χ0v) is 14.2. The van der Waals surface area contributed by atoms with Gasteiger partial charge in [0.2, 0.25) is 10.9 Å². The Balaban J connectivity index is 1.64. The van der Waals surface area contributed by atoms with Crippen LogP contribution in [0.15, 0.2) is 24.3 Å². The molecule has 0 bridgehead atoms. The lowest BCUT2D eigenvalue weighted by Crippen LogP contribution is -2.13. The maximum absolute atomic E-state index is 12.1. The monoisotopic (exact) mass is 329 g/mol. The predicted octanol–water partition coefficient (Wildman–Crippen LogP) is 3.19. The molecule has 0 aliphatic heterocycles. The van der Waals surface area contributed by atoms with Gasteiger partial charge in [-0.2, -0.15) is 9.61 Å². The van der Waals surface area contributed by atoms with E-state index in [0.29, 0.717) is 12.8 Å². The molecule has 0 saturated carbocycles. The first-order chi connectivity index (χ1) is 11.0. The minimum atomic E-state index is -0.00523. The molecule has 6 nitrogen and oxygen atoms in total. The Labute approximate surface area is 138 Å². The normalized spacial score (nSPS) is 11.3. The van der Waals surface area contributed by atoms with Gasteiger partial charge in [0.25, 0.3) is 0 Å². The molecular weight excluding hydrogens is 310 g/mol. The third-order valence-corrected chi connectivity index (χ3v) is 4.52. The van der Waals surface area contributed by atoms with Crippen molar-refractivity contribution in [2.45, 2.75) is 39.5 Å². The third-order valence-electron chi connectivity index (χ3n) is 3.56. The Morgan fingerprint density at radius 3 is 2.83 bits per heavy atom. The van der Waals surface area contributed by atoms with Gasteiger partial charge in [0.15, 0.2) is 5.82 Å². The smallest absolute Gasteiger partial charge is 0.234 e. The summed E-state index contributed by atoms with van der Waals surface area (Å²) in [6, 6.07) is 7.76. The molecular formula is C16H19N5OS. The van der Waals surface area contributed by atoms with Crippen LogP contribution in [0.3, 0.4) is 0 Å². The molecule has 0 saturated heterocycles. The largest absolute Gasteiger partial charge is 0.326 e. The number of hydrogen-bond donors (Lipinski definition) is 1. The van der Waals surface area contributed by atoms with E-state index in [1.165, 1.54) is 11.3 Å². The molecule has 0 aliphatic carbocycles. The molecule has 0 radical (unpaired) electrons. The van der Waals surface area contributed by atoms with Gasteiger partial charge in [-0.05, 0) is 18.6 Å². The molecule has 0 atom stereocenters. The highest BCUT2D eigenvalue weighted by molar-refractivity contribution is 7.16. The van der Waals surface area contributed by atoms with Crippen LogP contribution in [0.25, 0.3) is 4.96 Å². The number of fused-ring (bicyclic) bond motifs is 1. The van der Waals surface area contributed by atoms with Crippen molar-refractivity contribution in [2.75, 3.05) is 5.32 Å². The lowest BCUT2D eigenvalue weighted by molar-refractivity contribution is -0.116. The molecule has 2 aromatic heterocycles. The Kier molecular flexibility index (Phi) is 4.38. The Hall–Kier alpha value is -2.28. The summed E-state index contributed by atoms with van der Waals surface area (Å²) in [5.74, 6) is 1.12. The van der Waals surface area contributed by atoms with E-state index in [1.54, 1.807) is 4.52 Å². The standard InChI is InChI=1S/C16H19N5OS/c1-10(2)15-18-19-16-21(15)20-14(23-16)9-8-13(22)17-12-7-5-4-6-11(12)3/h4-7,10H,8-9H2,1-3H3,(H,17,22). The topological polar surface area (TPSA) is 72.2 Å². The van der Waals surface area contributed by atoms with E-state index in [0.717, 1.165) is 27.0 Å². The van der Waals surface area contributed by atoms with Gasteiger partial charge in [-0.25, -0.2) is 0 Å². The number of hydrogen-bond acceptors (Lipinski definition) is 5. The van der Waals surface area contributed by atoms with Crippen LogP contribution >= 0.6 is 11.3 Å². The van der Waals surface area contributed by atoms with Crippen molar-refractivity contribution in [1.29, 1.82) is 0 Å². The number of aryl methyl sites for hydroxylation is 2. The summed E-state index contributed by atoms with van der Waals surface area (Å²) >= 11 is 1.49. The molecule has 120 valence electrons. The van der Waals surface area contributed by atoms with E-state index < -0.39 is 0 Å². The Bertz CT molecular complexity index is 836. The molecule has 23 heavy (non-hydrogen) atoms. The van der Waals surface area contributed by atoms with Crippen LogP contribution in [0.2, 0.25) is 0 Å². The number of aromatic nitrogens is 4. The lowest BCUT2D eigenvalue weighted by Gasteiger charge is -2.07. The number of carbonyl (C=O) groups is 1. The van der Waals surface area contributed by atoms with Crippen LogP contribution < -0.4 is 5.32 Å². The van der Waals surface area contributed by atoms with Gasteiger partial charge in [0.1, 0.15) is 5.01 Å². The molecule has 1 aromatic carbocycles. The zero-order chi connectivity index (χ0) is 16.4. The lowest BCUT2D eigenvalue weighted by atomic mass is 10.2. The van der Waals surface area contributed by atoms with E-state index in [1.807, 2.05) is 31.2 Å². The third kappa shape index (κ3) is 3.39. The number of nitrogens with zero attached hydrogens (tertiary/aromatic N) is 4. The minimum absolute atomic E-state index is 0.00523. The van der Waals surface area contributed by atoms with Crippen molar-refractivity contribution >= 4 is 27.9 Å². The Morgan fingerprint density at radius 2 is 2.09 bits per heavy atom. The quantitative estimate of drug-likeness (QED) is 0.780. The van der Waals surface area contributed by atoms with Crippen molar-refractivity contribution in [3.63, 3.8) is 0 Å². The SMILES string of the molecule is Cc1ccccc1NC(=O)CCc1nn2c(C(C)C)nnc2s1. The number of anilines is 1. The van der Waals surface area contributed by atoms with Gasteiger partial charge in [0.05, 0.1) is 0 Å². The maximum Gasteiger partial charge on any atom is 0.234 e. The van der Waals surface area contributed by atoms with Crippen molar-refractivity contribution in [1.82, 2.24) is 19.8 Å². The summed E-state index contributed by atoms with van der Waals surface area (Å²) in [5.41, 5.74) is 1.92. The van der Waals surface area contributed by atoms with Crippen LogP contribution in [0, 0.1) is 6.92 Å². The first kappa shape index (κ1) is 15.6. The maximum atomic E-state index is 12.1. The summed E-state index contributed by atoms with van der Waals surface area (Å²) in [6.45, 7) is 6.10. The minimum Gasteiger partial charge on any atom is -0.326 e. The van der Waals surface area contributed by atoms with Gasteiger partial charge in [-0.15, -0.1) is 10.2 Å². The number of para-hydroxylation sites is 1. The number of nitrogens with one attached hydrogen (secondary N) is 1. The molecule has 0 aliphatic rings. The average Bonchev–Trinajstić information content (AvgIpc) is 3.07. The summed E-state index contributed by atoms with van der Waals surface area (Å²) in [7, 11) is 0. The van der Waals surface area contributed by atoms with Crippen molar-refractivity contribution in [2.24, 2.45) is 0 Å². The Morgan fingerprint density at radius 1 is 1.30 bits per heavy atom. The molecule has 0 unspecified atom stereocenters. The molecule has 3 aromatic rings. The first-order valence-corrected chi connectivity index (χ1v) is 8.42. The summed E-state index contributed by atoms with van der Waals surface area (Å²) in [6.07, 6.45) is 0.999. The fraction of sp³-hybridized carbons (Fsp3) is 0.375. The molecule has 1 amide bonds. The van der Waals surface area contributed by atoms with Gasteiger partial charge >= 0.3 is 0 Å². The highest BCUT2D eigenvalue weighted by Crippen LogP contribution is 2.20. The van der Waals surface area contributed by atoms with Crippen molar-refractivity contribution in [3.8, 4) is 0 Å². The summed E-state index contributed by atoms with van der Waals surface area (Å²) in [5, 5.41) is 16.6. The van der Waals surface area contributed by atoms with Crippen molar-refractivity contribution < 1.29 is 4.79 Å². The second-order valence-electron chi connectivity index (χ2n) is 5.77. The second kappa shape index (κ2) is 6.45. The fourth-order valence-electron chi connectivity index (χ4n) is 2.28. The van der Waals surface area contributed by atoms with E-state index in [-0.39, 0.29) is 11.8 Å². The van der Waals surface area contributed by atoms with Crippen LogP contribution in [0.1, 0.15) is 42.6 Å². The van der Waals surface area contributed by atoms with Gasteiger partial charge in [-0.3, -0.25) is 4.79 Å². The zero-order valence-electron chi connectivity index (χ0n) is 13.4. The molecule has 2 heterocycles. The molecule has 0 fully saturated rings. The van der Waals surface area contributed by atoms with Crippen LogP contribution in [0.4, 0.5) is 5.69 Å². The van der Waals surface area contributed by atoms with Crippen molar-refractivity contribution in [3.05, 3.63) is 40.7 Å². The molecule has 3 rings (SSSR count). The van der Waals surface area contributed by atoms with E-state index >= 15 is 0 Å². The van der Waals surface area contributed by atoms with Gasteiger partial charge < -0.3 is 5.32 Å².